The van der Waals surface area contributed by atoms with Gasteiger partial charge in [-0.3, -0.25) is 0 Å². The quantitative estimate of drug-likeness (QED) is 0.808. The Bertz CT molecular complexity index is 430. The first-order valence-corrected chi connectivity index (χ1v) is 6.29. The van der Waals surface area contributed by atoms with E-state index in [0.717, 1.165) is 14.7 Å². The van der Waals surface area contributed by atoms with Gasteiger partial charge < -0.3 is 4.74 Å². The third-order valence-corrected chi connectivity index (χ3v) is 3.20. The summed E-state index contributed by atoms with van der Waals surface area (Å²) in [5.74, 6) is 1.39. The molecule has 1 heterocycles. The van der Waals surface area contributed by atoms with Gasteiger partial charge in [0.05, 0.1) is 15.4 Å². The van der Waals surface area contributed by atoms with E-state index >= 15 is 0 Å². The highest BCUT2D eigenvalue weighted by atomic mass is 79.9. The Labute approximate surface area is 102 Å². The van der Waals surface area contributed by atoms with Gasteiger partial charge in [-0.15, -0.1) is 11.3 Å². The largest absolute Gasteiger partial charge is 0.437 e. The molecule has 2 nitrogen and oxygen atoms in total. The Kier molecular flexibility index (Phi) is 3.20. The first kappa shape index (κ1) is 10.1. The van der Waals surface area contributed by atoms with Crippen LogP contribution in [0.5, 0.6) is 11.6 Å². The fourth-order valence-electron chi connectivity index (χ4n) is 0.922. The molecule has 0 N–H and O–H groups in total. The number of ether oxygens (including phenoxy) is 1. The highest BCUT2D eigenvalue weighted by molar-refractivity contribution is 9.11. The summed E-state index contributed by atoms with van der Waals surface area (Å²) in [6, 6.07) is 5.74. The van der Waals surface area contributed by atoms with Crippen molar-refractivity contribution >= 4 is 43.2 Å². The van der Waals surface area contributed by atoms with Crippen LogP contribution in [-0.4, -0.2) is 4.98 Å². The van der Waals surface area contributed by atoms with Crippen LogP contribution in [0.25, 0.3) is 0 Å². The molecule has 0 spiro atoms. The third-order valence-electron chi connectivity index (χ3n) is 1.52. The second kappa shape index (κ2) is 4.42. The van der Waals surface area contributed by atoms with Gasteiger partial charge in [-0.1, -0.05) is 15.9 Å². The van der Waals surface area contributed by atoms with Crippen molar-refractivity contribution in [1.82, 2.24) is 4.98 Å². The van der Waals surface area contributed by atoms with Gasteiger partial charge in [0.2, 0.25) is 5.88 Å². The molecule has 1 aromatic heterocycles. The molecular weight excluding hydrogens is 330 g/mol. The summed E-state index contributed by atoms with van der Waals surface area (Å²) in [6.07, 6.45) is 0. The molecule has 0 unspecified atom stereocenters. The van der Waals surface area contributed by atoms with E-state index in [-0.39, 0.29) is 0 Å². The maximum Gasteiger partial charge on any atom is 0.230 e. The van der Waals surface area contributed by atoms with Gasteiger partial charge >= 0.3 is 0 Å². The minimum atomic E-state index is 0.623. The van der Waals surface area contributed by atoms with Gasteiger partial charge in [0.15, 0.2) is 0 Å². The normalized spacial score (nSPS) is 10.1. The van der Waals surface area contributed by atoms with E-state index in [1.165, 1.54) is 11.3 Å². The molecule has 14 heavy (non-hydrogen) atoms. The molecule has 0 radical (unpaired) electrons. The van der Waals surface area contributed by atoms with Crippen LogP contribution in [0, 0.1) is 0 Å². The predicted molar refractivity (Wildman–Crippen MR) is 64.0 cm³/mol. The van der Waals surface area contributed by atoms with E-state index < -0.39 is 0 Å². The van der Waals surface area contributed by atoms with Crippen LogP contribution in [0.1, 0.15) is 0 Å². The molecule has 0 fully saturated rings. The lowest BCUT2D eigenvalue weighted by atomic mass is 10.3. The van der Waals surface area contributed by atoms with Crippen molar-refractivity contribution in [2.75, 3.05) is 0 Å². The summed E-state index contributed by atoms with van der Waals surface area (Å²) < 4.78 is 7.45. The molecule has 0 atom stereocenters. The molecule has 0 aliphatic heterocycles. The summed E-state index contributed by atoms with van der Waals surface area (Å²) in [6.45, 7) is 0. The van der Waals surface area contributed by atoms with Gasteiger partial charge in [-0.05, 0) is 34.1 Å². The Morgan fingerprint density at radius 1 is 1.29 bits per heavy atom. The summed E-state index contributed by atoms with van der Waals surface area (Å²) in [5, 5.41) is 1.86. The van der Waals surface area contributed by atoms with Crippen molar-refractivity contribution < 1.29 is 4.74 Å². The number of aromatic nitrogens is 1. The van der Waals surface area contributed by atoms with E-state index in [2.05, 4.69) is 36.8 Å². The smallest absolute Gasteiger partial charge is 0.230 e. The lowest BCUT2D eigenvalue weighted by Gasteiger charge is -2.04. The minimum absolute atomic E-state index is 0.623. The second-order valence-corrected chi connectivity index (χ2v) is 4.99. The molecule has 0 bridgehead atoms. The topological polar surface area (TPSA) is 22.1 Å². The molecule has 0 amide bonds. The molecule has 0 aliphatic rings. The maximum absolute atomic E-state index is 5.54. The van der Waals surface area contributed by atoms with Crippen LogP contribution in [0.3, 0.4) is 0 Å². The number of hydrogen-bond acceptors (Lipinski definition) is 3. The molecule has 72 valence electrons. The molecule has 2 aromatic rings. The zero-order valence-corrected chi connectivity index (χ0v) is 10.9. The van der Waals surface area contributed by atoms with E-state index in [4.69, 9.17) is 4.74 Å². The molecule has 0 saturated carbocycles. The van der Waals surface area contributed by atoms with Crippen LogP contribution in [0.2, 0.25) is 0 Å². The van der Waals surface area contributed by atoms with Crippen LogP contribution in [0.15, 0.2) is 38.0 Å². The standard InChI is InChI=1S/C9H5Br2NOS/c10-6-1-2-8(7(11)3-6)13-9-4-14-5-12-9/h1-5H. The molecule has 0 saturated heterocycles. The van der Waals surface area contributed by atoms with Crippen molar-refractivity contribution in [3.8, 4) is 11.6 Å². The Morgan fingerprint density at radius 3 is 2.79 bits per heavy atom. The summed E-state index contributed by atoms with van der Waals surface area (Å²) in [7, 11) is 0. The Balaban J connectivity index is 2.25. The Morgan fingerprint density at radius 2 is 2.14 bits per heavy atom. The molecular formula is C9H5Br2NOS. The van der Waals surface area contributed by atoms with E-state index in [1.807, 2.05) is 23.6 Å². The number of nitrogens with zero attached hydrogens (tertiary/aromatic N) is 1. The van der Waals surface area contributed by atoms with Crippen LogP contribution < -0.4 is 4.74 Å². The highest BCUT2D eigenvalue weighted by Crippen LogP contribution is 2.31. The Hall–Kier alpha value is -0.390. The highest BCUT2D eigenvalue weighted by Gasteiger charge is 2.03. The zero-order chi connectivity index (χ0) is 9.97. The summed E-state index contributed by atoms with van der Waals surface area (Å²) >= 11 is 8.30. The number of hydrogen-bond donors (Lipinski definition) is 0. The van der Waals surface area contributed by atoms with E-state index in [9.17, 15) is 0 Å². The minimum Gasteiger partial charge on any atom is -0.437 e. The molecule has 1 aromatic carbocycles. The SMILES string of the molecule is Brc1ccc(Oc2cscn2)c(Br)c1. The van der Waals surface area contributed by atoms with Crippen molar-refractivity contribution in [2.45, 2.75) is 0 Å². The zero-order valence-electron chi connectivity index (χ0n) is 6.91. The molecule has 0 aliphatic carbocycles. The van der Waals surface area contributed by atoms with Gasteiger partial charge in [-0.25, -0.2) is 4.98 Å². The van der Waals surface area contributed by atoms with Gasteiger partial charge in [0.25, 0.3) is 0 Å². The summed E-state index contributed by atoms with van der Waals surface area (Å²) in [4.78, 5) is 4.04. The first-order chi connectivity index (χ1) is 6.75. The van der Waals surface area contributed by atoms with Crippen molar-refractivity contribution in [1.29, 1.82) is 0 Å². The molecule has 5 heteroatoms. The maximum atomic E-state index is 5.54. The lowest BCUT2D eigenvalue weighted by molar-refractivity contribution is 0.463. The lowest BCUT2D eigenvalue weighted by Crippen LogP contribution is -1.84. The van der Waals surface area contributed by atoms with Gasteiger partial charge in [0.1, 0.15) is 5.75 Å². The number of halogens is 2. The number of rotatable bonds is 2. The van der Waals surface area contributed by atoms with E-state index in [1.54, 1.807) is 5.51 Å². The average molecular weight is 335 g/mol. The van der Waals surface area contributed by atoms with Crippen molar-refractivity contribution in [2.24, 2.45) is 0 Å². The monoisotopic (exact) mass is 333 g/mol. The fourth-order valence-corrected chi connectivity index (χ4v) is 2.50. The third kappa shape index (κ3) is 2.34. The predicted octanol–water partition coefficient (Wildman–Crippen LogP) is 4.46. The number of thiazole rings is 1. The van der Waals surface area contributed by atoms with Crippen LogP contribution >= 0.6 is 43.2 Å². The van der Waals surface area contributed by atoms with Gasteiger partial charge in [0, 0.05) is 4.47 Å². The van der Waals surface area contributed by atoms with Gasteiger partial charge in [-0.2, -0.15) is 0 Å². The first-order valence-electron chi connectivity index (χ1n) is 3.77. The van der Waals surface area contributed by atoms with Crippen LogP contribution in [0.4, 0.5) is 0 Å². The number of benzene rings is 1. The fraction of sp³-hybridized carbons (Fsp3) is 0. The average Bonchev–Trinajstić information content (AvgIpc) is 2.62. The van der Waals surface area contributed by atoms with E-state index in [0.29, 0.717) is 5.88 Å². The van der Waals surface area contributed by atoms with Crippen LogP contribution in [-0.2, 0) is 0 Å². The summed E-state index contributed by atoms with van der Waals surface area (Å²) in [5.41, 5.74) is 1.74. The second-order valence-electron chi connectivity index (χ2n) is 2.50. The van der Waals surface area contributed by atoms with Crippen molar-refractivity contribution in [3.63, 3.8) is 0 Å². The van der Waals surface area contributed by atoms with Crippen molar-refractivity contribution in [3.05, 3.63) is 38.0 Å². The molecule has 2 rings (SSSR count).